The summed E-state index contributed by atoms with van der Waals surface area (Å²) in [4.78, 5) is 11.7. The summed E-state index contributed by atoms with van der Waals surface area (Å²) in [5, 5.41) is 14.0. The Morgan fingerprint density at radius 3 is 2.04 bits per heavy atom. The molecule has 0 spiro atoms. The summed E-state index contributed by atoms with van der Waals surface area (Å²) in [5.41, 5.74) is -0.827. The van der Waals surface area contributed by atoms with Gasteiger partial charge in [-0.1, -0.05) is 0 Å². The minimum atomic E-state index is -4.48. The van der Waals surface area contributed by atoms with Crippen molar-refractivity contribution >= 4 is 27.4 Å². The van der Waals surface area contributed by atoms with Gasteiger partial charge in [0.1, 0.15) is 11.6 Å². The Morgan fingerprint density at radius 2 is 1.57 bits per heavy atom. The third-order valence-corrected chi connectivity index (χ3v) is 4.24. The zero-order chi connectivity index (χ0) is 20.9. The molecular weight excluding hydrogens is 399 g/mol. The summed E-state index contributed by atoms with van der Waals surface area (Å²) >= 11 is 0. The number of hydrogen-bond acceptors (Lipinski definition) is 5. The third-order valence-electron chi connectivity index (χ3n) is 3.37. The van der Waals surface area contributed by atoms with E-state index in [1.54, 1.807) is 6.07 Å². The maximum absolute atomic E-state index is 12.5. The second-order valence-corrected chi connectivity index (χ2v) is 6.76. The molecule has 0 atom stereocenters. The van der Waals surface area contributed by atoms with Gasteiger partial charge in [-0.15, -0.1) is 0 Å². The Balaban J connectivity index is 2.07. The van der Waals surface area contributed by atoms with E-state index in [0.29, 0.717) is 0 Å². The van der Waals surface area contributed by atoms with E-state index in [2.05, 4.69) is 10.6 Å². The Bertz CT molecular complexity index is 1040. The van der Waals surface area contributed by atoms with Crippen molar-refractivity contribution in [2.45, 2.75) is 11.1 Å². The van der Waals surface area contributed by atoms with Gasteiger partial charge in [0.05, 0.1) is 10.5 Å². The molecule has 0 aliphatic heterocycles. The van der Waals surface area contributed by atoms with Gasteiger partial charge in [-0.3, -0.25) is 9.35 Å². The van der Waals surface area contributed by atoms with Crippen LogP contribution in [-0.2, 0) is 21.1 Å². The van der Waals surface area contributed by atoms with Crippen molar-refractivity contribution in [2.24, 2.45) is 0 Å². The molecule has 0 bridgehead atoms. The van der Waals surface area contributed by atoms with E-state index in [9.17, 15) is 26.4 Å². The van der Waals surface area contributed by atoms with Crippen molar-refractivity contribution in [1.29, 1.82) is 5.26 Å². The maximum atomic E-state index is 12.5. The molecule has 2 aromatic carbocycles. The fourth-order valence-electron chi connectivity index (χ4n) is 1.97. The molecule has 2 rings (SSSR count). The van der Waals surface area contributed by atoms with Crippen LogP contribution < -0.4 is 10.6 Å². The molecule has 0 aliphatic carbocycles. The maximum Gasteiger partial charge on any atom is 0.416 e. The topological polar surface area (TPSA) is 119 Å². The molecule has 146 valence electrons. The van der Waals surface area contributed by atoms with E-state index in [1.807, 2.05) is 0 Å². The largest absolute Gasteiger partial charge is 0.416 e. The van der Waals surface area contributed by atoms with Gasteiger partial charge in [-0.05, 0) is 48.5 Å². The fourth-order valence-corrected chi connectivity index (χ4v) is 2.45. The van der Waals surface area contributed by atoms with E-state index >= 15 is 0 Å². The average molecular weight is 411 g/mol. The lowest BCUT2D eigenvalue weighted by atomic mass is 10.2. The minimum Gasteiger partial charge on any atom is -0.360 e. The summed E-state index contributed by atoms with van der Waals surface area (Å²) in [5.74, 6) is -0.832. The van der Waals surface area contributed by atoms with E-state index in [0.717, 1.165) is 42.6 Å². The van der Waals surface area contributed by atoms with Crippen molar-refractivity contribution in [2.75, 3.05) is 10.6 Å². The quantitative estimate of drug-likeness (QED) is 0.394. The normalized spacial score (nSPS) is 12.2. The van der Waals surface area contributed by atoms with Crippen LogP contribution in [0, 0.1) is 11.3 Å². The van der Waals surface area contributed by atoms with Gasteiger partial charge in [-0.25, -0.2) is 0 Å². The van der Waals surface area contributed by atoms with Crippen molar-refractivity contribution in [3.05, 3.63) is 65.9 Å². The van der Waals surface area contributed by atoms with Crippen LogP contribution in [0.15, 0.2) is 65.2 Å². The number of carbonyl (C=O) groups is 1. The van der Waals surface area contributed by atoms with Crippen molar-refractivity contribution in [3.63, 3.8) is 0 Å². The van der Waals surface area contributed by atoms with Crippen LogP contribution in [0.3, 0.4) is 0 Å². The first-order valence-electron chi connectivity index (χ1n) is 7.43. The van der Waals surface area contributed by atoms with E-state index in [4.69, 9.17) is 9.81 Å². The average Bonchev–Trinajstić information content (AvgIpc) is 2.61. The molecule has 28 heavy (non-hydrogen) atoms. The molecule has 0 aliphatic rings. The highest BCUT2D eigenvalue weighted by Gasteiger charge is 2.29. The van der Waals surface area contributed by atoms with Gasteiger partial charge in [0.15, 0.2) is 0 Å². The Kier molecular flexibility index (Phi) is 6.07. The van der Waals surface area contributed by atoms with Crippen molar-refractivity contribution < 1.29 is 30.9 Å². The smallest absolute Gasteiger partial charge is 0.360 e. The number of alkyl halides is 3. The van der Waals surface area contributed by atoms with Gasteiger partial charge in [-0.2, -0.15) is 26.9 Å². The molecule has 0 fully saturated rings. The van der Waals surface area contributed by atoms with Crippen molar-refractivity contribution in [3.8, 4) is 6.07 Å². The molecule has 0 saturated carbocycles. The highest BCUT2D eigenvalue weighted by Crippen LogP contribution is 2.29. The predicted octanol–water partition coefficient (Wildman–Crippen LogP) is 3.41. The summed E-state index contributed by atoms with van der Waals surface area (Å²) in [6.45, 7) is 0. The molecule has 0 saturated heterocycles. The van der Waals surface area contributed by atoms with Gasteiger partial charge in [0.2, 0.25) is 0 Å². The number of nitriles is 1. The van der Waals surface area contributed by atoms with E-state index < -0.39 is 27.8 Å². The highest BCUT2D eigenvalue weighted by molar-refractivity contribution is 7.85. The Labute approximate surface area is 157 Å². The van der Waals surface area contributed by atoms with E-state index in [-0.39, 0.29) is 21.8 Å². The van der Waals surface area contributed by atoms with E-state index in [1.165, 1.54) is 12.1 Å². The number of anilines is 2. The van der Waals surface area contributed by atoms with Crippen LogP contribution >= 0.6 is 0 Å². The molecule has 3 N–H and O–H groups in total. The Hall–Kier alpha value is -3.36. The monoisotopic (exact) mass is 411 g/mol. The van der Waals surface area contributed by atoms with Crippen LogP contribution in [0.5, 0.6) is 0 Å². The lowest BCUT2D eigenvalue weighted by Gasteiger charge is -2.08. The zero-order valence-corrected chi connectivity index (χ0v) is 14.7. The van der Waals surface area contributed by atoms with Gasteiger partial charge in [0, 0.05) is 17.6 Å². The third kappa shape index (κ3) is 5.57. The fraction of sp³-hybridized carbons (Fsp3) is 0.0588. The Morgan fingerprint density at radius 1 is 1.04 bits per heavy atom. The number of benzene rings is 2. The number of rotatable bonds is 5. The first kappa shape index (κ1) is 20.9. The number of nitrogens with zero attached hydrogens (tertiary/aromatic N) is 1. The molecule has 0 heterocycles. The summed E-state index contributed by atoms with van der Waals surface area (Å²) in [6, 6.07) is 10.1. The molecule has 0 radical (unpaired) electrons. The predicted molar refractivity (Wildman–Crippen MR) is 93.6 cm³/mol. The van der Waals surface area contributed by atoms with Crippen LogP contribution in [-0.4, -0.2) is 18.9 Å². The van der Waals surface area contributed by atoms with Crippen LogP contribution in [0.2, 0.25) is 0 Å². The standard InChI is InChI=1S/C17H12F3N3O4S/c18-17(19,20)12-1-3-13(4-2-12)22-10-11(9-21)16(24)23-14-5-7-15(8-6-14)28(25,26)27/h1-8,10,22H,(H,23,24)(H,25,26,27)/b11-10-. The second-order valence-electron chi connectivity index (χ2n) is 5.34. The molecule has 1 amide bonds. The van der Waals surface area contributed by atoms with Crippen LogP contribution in [0.4, 0.5) is 24.5 Å². The summed E-state index contributed by atoms with van der Waals surface area (Å²) in [7, 11) is -4.38. The summed E-state index contributed by atoms with van der Waals surface area (Å²) in [6.07, 6.45) is -3.46. The van der Waals surface area contributed by atoms with Crippen molar-refractivity contribution in [1.82, 2.24) is 0 Å². The number of hydrogen-bond donors (Lipinski definition) is 3. The molecule has 0 unspecified atom stereocenters. The molecule has 11 heteroatoms. The number of carbonyl (C=O) groups excluding carboxylic acids is 1. The summed E-state index contributed by atoms with van der Waals surface area (Å²) < 4.78 is 68.4. The van der Waals surface area contributed by atoms with Crippen LogP contribution in [0.25, 0.3) is 0 Å². The highest BCUT2D eigenvalue weighted by atomic mass is 32.2. The minimum absolute atomic E-state index is 0.160. The second kappa shape index (κ2) is 8.12. The first-order valence-corrected chi connectivity index (χ1v) is 8.87. The first-order chi connectivity index (χ1) is 13.0. The number of halogens is 3. The van der Waals surface area contributed by atoms with Gasteiger partial charge < -0.3 is 10.6 Å². The number of amides is 1. The zero-order valence-electron chi connectivity index (χ0n) is 13.9. The van der Waals surface area contributed by atoms with Crippen LogP contribution in [0.1, 0.15) is 5.56 Å². The molecule has 2 aromatic rings. The molecular formula is C17H12F3N3O4S. The van der Waals surface area contributed by atoms with Gasteiger partial charge >= 0.3 is 6.18 Å². The SMILES string of the molecule is N#C/C(=C/Nc1ccc(C(F)(F)F)cc1)C(=O)Nc1ccc(S(=O)(=O)O)cc1. The lowest BCUT2D eigenvalue weighted by molar-refractivity contribution is -0.137. The van der Waals surface area contributed by atoms with Gasteiger partial charge in [0.25, 0.3) is 16.0 Å². The molecule has 7 nitrogen and oxygen atoms in total. The number of nitrogens with one attached hydrogen (secondary N) is 2. The molecule has 0 aromatic heterocycles. The lowest BCUT2D eigenvalue weighted by Crippen LogP contribution is -2.14.